The first-order valence-electron chi connectivity index (χ1n) is 4.45. The molecule has 0 unspecified atom stereocenters. The van der Waals surface area contributed by atoms with Crippen LogP contribution < -0.4 is 5.32 Å². The SMILES string of the molecule is C=CCCNc1ncnc2sccc12. The Balaban J connectivity index is 2.23. The van der Waals surface area contributed by atoms with Crippen LogP contribution in [0.2, 0.25) is 0 Å². The number of hydrogen-bond acceptors (Lipinski definition) is 4. The van der Waals surface area contributed by atoms with Crippen LogP contribution in [0.4, 0.5) is 5.82 Å². The Morgan fingerprint density at radius 2 is 2.43 bits per heavy atom. The lowest BCUT2D eigenvalue weighted by atomic mass is 10.3. The zero-order valence-corrected chi connectivity index (χ0v) is 8.55. The Morgan fingerprint density at radius 3 is 3.29 bits per heavy atom. The number of nitrogens with one attached hydrogen (secondary N) is 1. The summed E-state index contributed by atoms with van der Waals surface area (Å²) in [4.78, 5) is 9.41. The highest BCUT2D eigenvalue weighted by Crippen LogP contribution is 2.23. The van der Waals surface area contributed by atoms with E-state index < -0.39 is 0 Å². The zero-order valence-electron chi connectivity index (χ0n) is 7.73. The van der Waals surface area contributed by atoms with Gasteiger partial charge in [-0.15, -0.1) is 17.9 Å². The van der Waals surface area contributed by atoms with Crippen LogP contribution in [-0.2, 0) is 0 Å². The Kier molecular flexibility index (Phi) is 2.74. The molecule has 0 aliphatic heterocycles. The van der Waals surface area contributed by atoms with Gasteiger partial charge in [0.15, 0.2) is 0 Å². The molecule has 2 heterocycles. The maximum atomic E-state index is 4.20. The smallest absolute Gasteiger partial charge is 0.138 e. The van der Waals surface area contributed by atoms with Crippen LogP contribution in [0.3, 0.4) is 0 Å². The highest BCUT2D eigenvalue weighted by Gasteiger charge is 2.02. The van der Waals surface area contributed by atoms with Gasteiger partial charge < -0.3 is 5.32 Å². The maximum absolute atomic E-state index is 4.20. The van der Waals surface area contributed by atoms with Gasteiger partial charge >= 0.3 is 0 Å². The summed E-state index contributed by atoms with van der Waals surface area (Å²) in [6, 6.07) is 2.04. The van der Waals surface area contributed by atoms with Crippen molar-refractivity contribution in [1.29, 1.82) is 0 Å². The molecule has 0 bridgehead atoms. The molecule has 2 aromatic rings. The van der Waals surface area contributed by atoms with Crippen molar-refractivity contribution < 1.29 is 0 Å². The summed E-state index contributed by atoms with van der Waals surface area (Å²) in [5.74, 6) is 0.915. The van der Waals surface area contributed by atoms with Gasteiger partial charge in [-0.05, 0) is 17.9 Å². The summed E-state index contributed by atoms with van der Waals surface area (Å²) in [5, 5.41) is 6.38. The second-order valence-electron chi connectivity index (χ2n) is 2.87. The highest BCUT2D eigenvalue weighted by atomic mass is 32.1. The van der Waals surface area contributed by atoms with Crippen LogP contribution in [0.15, 0.2) is 30.4 Å². The van der Waals surface area contributed by atoms with E-state index in [9.17, 15) is 0 Å². The molecule has 0 aromatic carbocycles. The normalized spacial score (nSPS) is 10.3. The van der Waals surface area contributed by atoms with Crippen LogP contribution in [0, 0.1) is 0 Å². The van der Waals surface area contributed by atoms with Gasteiger partial charge in [0.25, 0.3) is 0 Å². The standard InChI is InChI=1S/C10H11N3S/c1-2-3-5-11-9-8-4-6-14-10(8)13-7-12-9/h2,4,6-7H,1,3,5H2,(H,11,12,13). The van der Waals surface area contributed by atoms with Gasteiger partial charge in [-0.3, -0.25) is 0 Å². The third-order valence-electron chi connectivity index (χ3n) is 1.90. The fourth-order valence-electron chi connectivity index (χ4n) is 1.22. The number of thiophene rings is 1. The Hall–Kier alpha value is -1.42. The first-order chi connectivity index (χ1) is 6.92. The molecule has 4 heteroatoms. The minimum atomic E-state index is 0.867. The second kappa shape index (κ2) is 4.19. The van der Waals surface area contributed by atoms with E-state index in [0.717, 1.165) is 29.0 Å². The largest absolute Gasteiger partial charge is 0.369 e. The molecule has 0 saturated heterocycles. The summed E-state index contributed by atoms with van der Waals surface area (Å²) in [7, 11) is 0. The summed E-state index contributed by atoms with van der Waals surface area (Å²) in [6.45, 7) is 4.54. The molecule has 0 fully saturated rings. The van der Waals surface area contributed by atoms with Crippen LogP contribution in [-0.4, -0.2) is 16.5 Å². The average molecular weight is 205 g/mol. The predicted octanol–water partition coefficient (Wildman–Crippen LogP) is 2.68. The first-order valence-corrected chi connectivity index (χ1v) is 5.33. The molecule has 0 saturated carbocycles. The quantitative estimate of drug-likeness (QED) is 0.616. The molecule has 3 nitrogen and oxygen atoms in total. The third kappa shape index (κ3) is 1.75. The molecule has 0 aliphatic rings. The van der Waals surface area contributed by atoms with Gasteiger partial charge in [-0.2, -0.15) is 0 Å². The lowest BCUT2D eigenvalue weighted by Crippen LogP contribution is -2.02. The van der Waals surface area contributed by atoms with Crippen LogP contribution in [0.1, 0.15) is 6.42 Å². The van der Waals surface area contributed by atoms with Gasteiger partial charge in [0.2, 0.25) is 0 Å². The molecule has 72 valence electrons. The summed E-state index contributed by atoms with van der Waals surface area (Å²) >= 11 is 1.63. The van der Waals surface area contributed by atoms with E-state index in [1.807, 2.05) is 17.5 Å². The zero-order chi connectivity index (χ0) is 9.80. The van der Waals surface area contributed by atoms with Crippen molar-refractivity contribution in [2.75, 3.05) is 11.9 Å². The number of aromatic nitrogens is 2. The lowest BCUT2D eigenvalue weighted by molar-refractivity contribution is 1.05. The van der Waals surface area contributed by atoms with Crippen molar-refractivity contribution in [2.24, 2.45) is 0 Å². The molecule has 0 radical (unpaired) electrons. The molecular weight excluding hydrogens is 194 g/mol. The number of fused-ring (bicyclic) bond motifs is 1. The average Bonchev–Trinajstić information content (AvgIpc) is 2.67. The van der Waals surface area contributed by atoms with Crippen molar-refractivity contribution >= 4 is 27.4 Å². The maximum Gasteiger partial charge on any atom is 0.138 e. The Morgan fingerprint density at radius 1 is 1.50 bits per heavy atom. The minimum absolute atomic E-state index is 0.867. The molecule has 2 aromatic heterocycles. The monoisotopic (exact) mass is 205 g/mol. The predicted molar refractivity (Wildman–Crippen MR) is 60.7 cm³/mol. The van der Waals surface area contributed by atoms with Crippen LogP contribution >= 0.6 is 11.3 Å². The molecule has 14 heavy (non-hydrogen) atoms. The molecule has 0 aliphatic carbocycles. The van der Waals surface area contributed by atoms with Gasteiger partial charge in [0, 0.05) is 6.54 Å². The molecule has 0 amide bonds. The van der Waals surface area contributed by atoms with Crippen molar-refractivity contribution in [3.63, 3.8) is 0 Å². The van der Waals surface area contributed by atoms with Crippen LogP contribution in [0.5, 0.6) is 0 Å². The van der Waals surface area contributed by atoms with Crippen molar-refractivity contribution in [2.45, 2.75) is 6.42 Å². The molecule has 1 N–H and O–H groups in total. The molecular formula is C10H11N3S. The number of nitrogens with zero attached hydrogens (tertiary/aromatic N) is 2. The van der Waals surface area contributed by atoms with Crippen molar-refractivity contribution in [3.8, 4) is 0 Å². The Bertz CT molecular complexity index is 436. The topological polar surface area (TPSA) is 37.8 Å². The van der Waals surface area contributed by atoms with E-state index in [2.05, 4.69) is 21.9 Å². The van der Waals surface area contributed by atoms with Crippen molar-refractivity contribution in [3.05, 3.63) is 30.4 Å². The fourth-order valence-corrected chi connectivity index (χ4v) is 1.96. The van der Waals surface area contributed by atoms with Crippen molar-refractivity contribution in [1.82, 2.24) is 9.97 Å². The summed E-state index contributed by atoms with van der Waals surface area (Å²) in [5.41, 5.74) is 0. The van der Waals surface area contributed by atoms with Gasteiger partial charge in [-0.1, -0.05) is 6.08 Å². The highest BCUT2D eigenvalue weighted by molar-refractivity contribution is 7.16. The molecule has 0 spiro atoms. The van der Waals surface area contributed by atoms with Gasteiger partial charge in [0.05, 0.1) is 5.39 Å². The summed E-state index contributed by atoms with van der Waals surface area (Å²) in [6.07, 6.45) is 4.42. The van der Waals surface area contributed by atoms with Gasteiger partial charge in [-0.25, -0.2) is 9.97 Å². The Labute approximate surface area is 86.5 Å². The van der Waals surface area contributed by atoms with E-state index in [-0.39, 0.29) is 0 Å². The minimum Gasteiger partial charge on any atom is -0.369 e. The number of anilines is 1. The number of hydrogen-bond donors (Lipinski definition) is 1. The second-order valence-corrected chi connectivity index (χ2v) is 3.76. The van der Waals surface area contributed by atoms with E-state index in [4.69, 9.17) is 0 Å². The first kappa shape index (κ1) is 9.15. The van der Waals surface area contributed by atoms with E-state index in [1.165, 1.54) is 0 Å². The molecule has 0 atom stereocenters. The van der Waals surface area contributed by atoms with E-state index in [1.54, 1.807) is 17.7 Å². The fraction of sp³-hybridized carbons (Fsp3) is 0.200. The molecule has 2 rings (SSSR count). The van der Waals surface area contributed by atoms with Crippen LogP contribution in [0.25, 0.3) is 10.2 Å². The number of rotatable bonds is 4. The van der Waals surface area contributed by atoms with E-state index >= 15 is 0 Å². The lowest BCUT2D eigenvalue weighted by Gasteiger charge is -2.03. The van der Waals surface area contributed by atoms with E-state index in [0.29, 0.717) is 0 Å². The van der Waals surface area contributed by atoms with Gasteiger partial charge in [0.1, 0.15) is 17.0 Å². The summed E-state index contributed by atoms with van der Waals surface area (Å²) < 4.78 is 0. The third-order valence-corrected chi connectivity index (χ3v) is 2.72.